The number of amides is 1. The molecule has 1 saturated heterocycles. The number of nitriles is 1. The summed E-state index contributed by atoms with van der Waals surface area (Å²) in [7, 11) is 2.78. The minimum absolute atomic E-state index is 0.0222. The van der Waals surface area contributed by atoms with Gasteiger partial charge in [-0.05, 0) is 23.8 Å². The maximum Gasteiger partial charge on any atom is 0.228 e. The van der Waals surface area contributed by atoms with Crippen LogP contribution < -0.4 is 25.4 Å². The van der Waals surface area contributed by atoms with E-state index in [0.717, 1.165) is 5.56 Å². The normalized spacial score (nSPS) is 14.4. The van der Waals surface area contributed by atoms with Crippen molar-refractivity contribution in [3.8, 4) is 17.6 Å². The molecular weight excluding hydrogens is 489 g/mol. The lowest BCUT2D eigenvalue weighted by atomic mass is 10.0. The SMILES string of the molecule is COc1cc2c(N)nc(N3CCN(C(=O)CC(NC(C)C)c4ccc(C#N)cc4)CC3)nc2c(F)c1OC. The molecule has 1 amide bonds. The molecule has 1 fully saturated rings. The molecule has 3 N–H and O–H groups in total. The van der Waals surface area contributed by atoms with Crippen LogP contribution in [0.3, 0.4) is 0 Å². The maximum absolute atomic E-state index is 15.2. The maximum atomic E-state index is 15.2. The van der Waals surface area contributed by atoms with Gasteiger partial charge in [-0.3, -0.25) is 4.79 Å². The summed E-state index contributed by atoms with van der Waals surface area (Å²) in [6.45, 7) is 5.95. The largest absolute Gasteiger partial charge is 0.493 e. The molecule has 0 bridgehead atoms. The Hall–Kier alpha value is -4.17. The molecule has 0 aliphatic carbocycles. The van der Waals surface area contributed by atoms with Crippen LogP contribution in [0.2, 0.25) is 0 Å². The highest BCUT2D eigenvalue weighted by Crippen LogP contribution is 2.37. The summed E-state index contributed by atoms with van der Waals surface area (Å²) >= 11 is 0. The molecule has 2 aromatic carbocycles. The third-order valence-electron chi connectivity index (χ3n) is 6.56. The predicted molar refractivity (Wildman–Crippen MR) is 143 cm³/mol. The van der Waals surface area contributed by atoms with Crippen LogP contribution in [0.5, 0.6) is 11.5 Å². The van der Waals surface area contributed by atoms with Crippen LogP contribution in [0.15, 0.2) is 30.3 Å². The first kappa shape index (κ1) is 26.9. The minimum atomic E-state index is -0.669. The number of nitrogens with zero attached hydrogens (tertiary/aromatic N) is 5. The van der Waals surface area contributed by atoms with E-state index in [9.17, 15) is 4.79 Å². The van der Waals surface area contributed by atoms with Crippen molar-refractivity contribution < 1.29 is 18.7 Å². The highest BCUT2D eigenvalue weighted by Gasteiger charge is 2.27. The first-order valence-corrected chi connectivity index (χ1v) is 12.4. The summed E-state index contributed by atoms with van der Waals surface area (Å²) in [6.07, 6.45) is 0.288. The van der Waals surface area contributed by atoms with E-state index in [-0.39, 0.29) is 47.2 Å². The summed E-state index contributed by atoms with van der Waals surface area (Å²) in [5, 5.41) is 12.9. The van der Waals surface area contributed by atoms with E-state index >= 15 is 4.39 Å². The van der Waals surface area contributed by atoms with E-state index in [1.807, 2.05) is 35.8 Å². The van der Waals surface area contributed by atoms with Crippen molar-refractivity contribution in [3.63, 3.8) is 0 Å². The molecule has 1 atom stereocenters. The molecule has 0 spiro atoms. The number of benzene rings is 2. The van der Waals surface area contributed by atoms with Gasteiger partial charge in [-0.15, -0.1) is 0 Å². The fourth-order valence-corrected chi connectivity index (χ4v) is 4.60. The molecule has 4 rings (SSSR count). The summed E-state index contributed by atoms with van der Waals surface area (Å²) < 4.78 is 25.5. The number of methoxy groups -OCH3 is 2. The molecule has 38 heavy (non-hydrogen) atoms. The van der Waals surface area contributed by atoms with Crippen LogP contribution in [0.4, 0.5) is 16.2 Å². The van der Waals surface area contributed by atoms with Gasteiger partial charge in [0.15, 0.2) is 17.3 Å². The van der Waals surface area contributed by atoms with E-state index in [1.54, 1.807) is 18.2 Å². The number of anilines is 2. The molecule has 1 aliphatic heterocycles. The van der Waals surface area contributed by atoms with Crippen LogP contribution >= 0.6 is 0 Å². The Morgan fingerprint density at radius 1 is 1.16 bits per heavy atom. The summed E-state index contributed by atoms with van der Waals surface area (Å²) in [4.78, 5) is 25.8. The summed E-state index contributed by atoms with van der Waals surface area (Å²) in [5.74, 6) is -0.0599. The third kappa shape index (κ3) is 5.55. The molecule has 0 saturated carbocycles. The molecule has 1 aromatic heterocycles. The standard InChI is InChI=1S/C27H32FN7O3/c1-16(2)31-20(18-7-5-17(15-29)6-8-18)14-22(36)34-9-11-35(12-10-34)27-32-24-19(26(30)33-27)13-21(37-3)25(38-4)23(24)28/h5-8,13,16,20,31H,9-12,14H2,1-4H3,(H2,30,32,33). The highest BCUT2D eigenvalue weighted by molar-refractivity contribution is 5.92. The Balaban J connectivity index is 1.47. The monoisotopic (exact) mass is 521 g/mol. The number of rotatable bonds is 8. The predicted octanol–water partition coefficient (Wildman–Crippen LogP) is 3.02. The quantitative estimate of drug-likeness (QED) is 0.459. The number of carbonyl (C=O) groups is 1. The van der Waals surface area contributed by atoms with Crippen LogP contribution in [-0.2, 0) is 4.79 Å². The average molecular weight is 522 g/mol. The Morgan fingerprint density at radius 2 is 1.84 bits per heavy atom. The van der Waals surface area contributed by atoms with Gasteiger partial charge < -0.3 is 30.3 Å². The van der Waals surface area contributed by atoms with Gasteiger partial charge in [-0.1, -0.05) is 26.0 Å². The smallest absolute Gasteiger partial charge is 0.228 e. The number of aromatic nitrogens is 2. The number of hydrogen-bond acceptors (Lipinski definition) is 9. The number of halogens is 1. The number of hydrogen-bond donors (Lipinski definition) is 2. The lowest BCUT2D eigenvalue weighted by molar-refractivity contribution is -0.132. The van der Waals surface area contributed by atoms with Crippen molar-refractivity contribution in [2.75, 3.05) is 51.0 Å². The Labute approximate surface area is 221 Å². The van der Waals surface area contributed by atoms with Crippen LogP contribution in [-0.4, -0.2) is 67.2 Å². The van der Waals surface area contributed by atoms with Gasteiger partial charge in [-0.2, -0.15) is 10.2 Å². The molecule has 2 heterocycles. The second-order valence-corrected chi connectivity index (χ2v) is 9.41. The molecule has 1 unspecified atom stereocenters. The number of nitrogens with two attached hydrogens (primary N) is 1. The van der Waals surface area contributed by atoms with Crippen molar-refractivity contribution >= 4 is 28.6 Å². The number of piperazine rings is 1. The molecular formula is C27H32FN7O3. The van der Waals surface area contributed by atoms with Crippen molar-refractivity contribution in [3.05, 3.63) is 47.3 Å². The van der Waals surface area contributed by atoms with Crippen molar-refractivity contribution in [1.29, 1.82) is 5.26 Å². The van der Waals surface area contributed by atoms with Crippen molar-refractivity contribution in [2.24, 2.45) is 0 Å². The summed E-state index contributed by atoms with van der Waals surface area (Å²) in [6, 6.07) is 11.0. The van der Waals surface area contributed by atoms with Crippen molar-refractivity contribution in [2.45, 2.75) is 32.4 Å². The van der Waals surface area contributed by atoms with Gasteiger partial charge >= 0.3 is 0 Å². The highest BCUT2D eigenvalue weighted by atomic mass is 19.1. The minimum Gasteiger partial charge on any atom is -0.493 e. The average Bonchev–Trinajstić information content (AvgIpc) is 2.92. The van der Waals surface area contributed by atoms with E-state index < -0.39 is 5.82 Å². The molecule has 10 nitrogen and oxygen atoms in total. The number of fused-ring (bicyclic) bond motifs is 1. The molecule has 200 valence electrons. The second-order valence-electron chi connectivity index (χ2n) is 9.41. The Bertz CT molecular complexity index is 1350. The lowest BCUT2D eigenvalue weighted by Gasteiger charge is -2.36. The van der Waals surface area contributed by atoms with Gasteiger partial charge in [0.05, 0.1) is 25.9 Å². The van der Waals surface area contributed by atoms with Crippen LogP contribution in [0.25, 0.3) is 10.9 Å². The van der Waals surface area contributed by atoms with Crippen molar-refractivity contribution in [1.82, 2.24) is 20.2 Å². The first-order chi connectivity index (χ1) is 18.2. The zero-order chi connectivity index (χ0) is 27.4. The Morgan fingerprint density at radius 3 is 2.42 bits per heavy atom. The summed E-state index contributed by atoms with van der Waals surface area (Å²) in [5.41, 5.74) is 7.75. The van der Waals surface area contributed by atoms with Crippen LogP contribution in [0, 0.1) is 17.1 Å². The number of carbonyl (C=O) groups excluding carboxylic acids is 1. The van der Waals surface area contributed by atoms with E-state index in [0.29, 0.717) is 43.1 Å². The lowest BCUT2D eigenvalue weighted by Crippen LogP contribution is -2.50. The number of ether oxygens (including phenoxy) is 2. The molecule has 3 aromatic rings. The zero-order valence-corrected chi connectivity index (χ0v) is 22.0. The fraction of sp³-hybridized carbons (Fsp3) is 0.407. The van der Waals surface area contributed by atoms with E-state index in [4.69, 9.17) is 20.5 Å². The number of nitrogens with one attached hydrogen (secondary N) is 1. The van der Waals surface area contributed by atoms with Gasteiger partial charge in [0.2, 0.25) is 11.9 Å². The number of nitrogen functional groups attached to an aromatic ring is 1. The van der Waals surface area contributed by atoms with E-state index in [1.165, 1.54) is 14.2 Å². The molecule has 0 radical (unpaired) electrons. The second kappa shape index (κ2) is 11.5. The fourth-order valence-electron chi connectivity index (χ4n) is 4.60. The third-order valence-corrected chi connectivity index (χ3v) is 6.56. The Kier molecular flexibility index (Phi) is 8.12. The topological polar surface area (TPSA) is 130 Å². The zero-order valence-electron chi connectivity index (χ0n) is 22.0. The van der Waals surface area contributed by atoms with Crippen LogP contribution in [0.1, 0.15) is 37.4 Å². The first-order valence-electron chi connectivity index (χ1n) is 12.4. The van der Waals surface area contributed by atoms with Gasteiger partial charge in [0.25, 0.3) is 0 Å². The van der Waals surface area contributed by atoms with E-state index in [2.05, 4.69) is 21.4 Å². The van der Waals surface area contributed by atoms with Gasteiger partial charge in [-0.25, -0.2) is 9.37 Å². The molecule has 11 heteroatoms. The molecule has 1 aliphatic rings. The van der Waals surface area contributed by atoms with Gasteiger partial charge in [0, 0.05) is 50.1 Å². The van der Waals surface area contributed by atoms with Gasteiger partial charge in [0.1, 0.15) is 11.3 Å².